The minimum absolute atomic E-state index is 0.325. The van der Waals surface area contributed by atoms with Crippen LogP contribution in [0.1, 0.15) is 126 Å². The van der Waals surface area contributed by atoms with Crippen molar-refractivity contribution in [2.24, 2.45) is 10.8 Å². The van der Waals surface area contributed by atoms with Gasteiger partial charge >= 0.3 is 0 Å². The molecule has 0 saturated heterocycles. The first-order valence-corrected chi connectivity index (χ1v) is 10.3. The van der Waals surface area contributed by atoms with E-state index in [9.17, 15) is 9.59 Å². The summed E-state index contributed by atoms with van der Waals surface area (Å²) in [6.45, 7) is 17.0. The van der Waals surface area contributed by atoms with Crippen LogP contribution in [0.4, 0.5) is 0 Å². The molecular formula is C23H46O2. The third kappa shape index (κ3) is 31.6. The molecule has 0 radical (unpaired) electrons. The van der Waals surface area contributed by atoms with Gasteiger partial charge in [-0.3, -0.25) is 0 Å². The first kappa shape index (κ1) is 26.6. The standard InChI is InChI=1S/C12H24O.C11H22O/c1-11(13)9-7-5-6-8-10-12(2,3)4;1-10(12)8-6-5-7-9-11(2,3)4/h5-10H2,1-4H3;5-9H2,1-4H3. The van der Waals surface area contributed by atoms with Crippen LogP contribution in [0.5, 0.6) is 0 Å². The lowest BCUT2D eigenvalue weighted by molar-refractivity contribution is -0.118. The van der Waals surface area contributed by atoms with Crippen molar-refractivity contribution in [3.05, 3.63) is 0 Å². The third-order valence-electron chi connectivity index (χ3n) is 4.16. The van der Waals surface area contributed by atoms with Gasteiger partial charge in [0.25, 0.3) is 0 Å². The fourth-order valence-electron chi connectivity index (χ4n) is 2.59. The van der Waals surface area contributed by atoms with Crippen molar-refractivity contribution in [3.63, 3.8) is 0 Å². The molecule has 0 saturated carbocycles. The summed E-state index contributed by atoms with van der Waals surface area (Å²) in [5.74, 6) is 0.654. The third-order valence-corrected chi connectivity index (χ3v) is 4.16. The fourth-order valence-corrected chi connectivity index (χ4v) is 2.59. The van der Waals surface area contributed by atoms with E-state index in [1.165, 1.54) is 44.9 Å². The topological polar surface area (TPSA) is 34.1 Å². The molecule has 0 aromatic carbocycles. The van der Waals surface area contributed by atoms with Crippen LogP contribution in [0.2, 0.25) is 0 Å². The van der Waals surface area contributed by atoms with Crippen LogP contribution in [0.15, 0.2) is 0 Å². The Morgan fingerprint density at radius 3 is 1.08 bits per heavy atom. The second-order valence-corrected chi connectivity index (χ2v) is 10.0. The first-order valence-electron chi connectivity index (χ1n) is 10.3. The maximum atomic E-state index is 10.6. The van der Waals surface area contributed by atoms with E-state index in [2.05, 4.69) is 41.5 Å². The molecule has 0 unspecified atom stereocenters. The van der Waals surface area contributed by atoms with E-state index in [-0.39, 0.29) is 0 Å². The van der Waals surface area contributed by atoms with Crippen LogP contribution in [-0.2, 0) is 9.59 Å². The lowest BCUT2D eigenvalue weighted by Gasteiger charge is -2.17. The Labute approximate surface area is 158 Å². The van der Waals surface area contributed by atoms with Gasteiger partial charge < -0.3 is 9.59 Å². The second kappa shape index (κ2) is 14.5. The van der Waals surface area contributed by atoms with Gasteiger partial charge in [-0.2, -0.15) is 0 Å². The Morgan fingerprint density at radius 1 is 0.520 bits per heavy atom. The van der Waals surface area contributed by atoms with E-state index >= 15 is 0 Å². The number of Topliss-reactive ketones (excluding diaryl/α,β-unsaturated/α-hetero) is 2. The van der Waals surface area contributed by atoms with Gasteiger partial charge in [0.2, 0.25) is 0 Å². The molecule has 0 aliphatic heterocycles. The van der Waals surface area contributed by atoms with E-state index in [0.717, 1.165) is 25.7 Å². The van der Waals surface area contributed by atoms with Crippen LogP contribution < -0.4 is 0 Å². The van der Waals surface area contributed by atoms with Crippen molar-refractivity contribution < 1.29 is 9.59 Å². The highest BCUT2D eigenvalue weighted by atomic mass is 16.1. The maximum absolute atomic E-state index is 10.6. The van der Waals surface area contributed by atoms with Crippen LogP contribution in [0.3, 0.4) is 0 Å². The van der Waals surface area contributed by atoms with Crippen molar-refractivity contribution >= 4 is 11.6 Å². The molecule has 0 atom stereocenters. The fraction of sp³-hybridized carbons (Fsp3) is 0.913. The van der Waals surface area contributed by atoms with Crippen molar-refractivity contribution in [1.29, 1.82) is 0 Å². The Morgan fingerprint density at radius 2 is 0.800 bits per heavy atom. The highest BCUT2D eigenvalue weighted by Gasteiger charge is 2.09. The summed E-state index contributed by atoms with van der Waals surface area (Å²) in [6.07, 6.45) is 12.5. The Hall–Kier alpha value is -0.660. The largest absolute Gasteiger partial charge is 0.300 e. The maximum Gasteiger partial charge on any atom is 0.129 e. The number of rotatable bonds is 11. The Bertz CT molecular complexity index is 342. The van der Waals surface area contributed by atoms with Crippen LogP contribution >= 0.6 is 0 Å². The monoisotopic (exact) mass is 354 g/mol. The van der Waals surface area contributed by atoms with E-state index in [1.807, 2.05) is 0 Å². The average molecular weight is 355 g/mol. The minimum atomic E-state index is 0.325. The summed E-state index contributed by atoms with van der Waals surface area (Å²) in [5.41, 5.74) is 0.927. The van der Waals surface area contributed by atoms with Gasteiger partial charge in [-0.15, -0.1) is 0 Å². The molecule has 0 aromatic heterocycles. The zero-order chi connectivity index (χ0) is 19.9. The second-order valence-electron chi connectivity index (χ2n) is 10.0. The lowest BCUT2D eigenvalue weighted by atomic mass is 9.89. The molecule has 0 aliphatic carbocycles. The SMILES string of the molecule is CC(=O)CCCCCC(C)(C)C.CC(=O)CCCCCCC(C)(C)C. The summed E-state index contributed by atoms with van der Waals surface area (Å²) in [4.78, 5) is 21.2. The Kier molecular flexibility index (Phi) is 15.4. The number of hydrogen-bond donors (Lipinski definition) is 0. The minimum Gasteiger partial charge on any atom is -0.300 e. The molecule has 0 N–H and O–H groups in total. The molecule has 0 fully saturated rings. The van der Waals surface area contributed by atoms with E-state index in [1.54, 1.807) is 13.8 Å². The molecule has 0 rings (SSSR count). The van der Waals surface area contributed by atoms with Crippen molar-refractivity contribution in [2.45, 2.75) is 126 Å². The zero-order valence-electron chi connectivity index (χ0n) is 18.6. The number of carbonyl (C=O) groups is 2. The van der Waals surface area contributed by atoms with Crippen molar-refractivity contribution in [1.82, 2.24) is 0 Å². The van der Waals surface area contributed by atoms with Gasteiger partial charge in [-0.05, 0) is 50.4 Å². The lowest BCUT2D eigenvalue weighted by Crippen LogP contribution is -2.04. The summed E-state index contributed by atoms with van der Waals surface area (Å²) in [7, 11) is 0. The zero-order valence-corrected chi connectivity index (χ0v) is 18.6. The van der Waals surface area contributed by atoms with Gasteiger partial charge in [-0.25, -0.2) is 0 Å². The van der Waals surface area contributed by atoms with Crippen LogP contribution in [0.25, 0.3) is 0 Å². The molecule has 2 nitrogen and oxygen atoms in total. The molecule has 0 aliphatic rings. The number of carbonyl (C=O) groups excluding carboxylic acids is 2. The number of unbranched alkanes of at least 4 members (excludes halogenated alkanes) is 5. The molecule has 0 amide bonds. The van der Waals surface area contributed by atoms with Crippen molar-refractivity contribution in [3.8, 4) is 0 Å². The molecule has 2 heteroatoms. The molecule has 0 heterocycles. The predicted molar refractivity (Wildman–Crippen MR) is 111 cm³/mol. The van der Waals surface area contributed by atoms with Gasteiger partial charge in [0.05, 0.1) is 0 Å². The summed E-state index contributed by atoms with van der Waals surface area (Å²) >= 11 is 0. The number of hydrogen-bond acceptors (Lipinski definition) is 2. The van der Waals surface area contributed by atoms with Gasteiger partial charge in [0.1, 0.15) is 11.6 Å². The van der Waals surface area contributed by atoms with Gasteiger partial charge in [-0.1, -0.05) is 73.6 Å². The summed E-state index contributed by atoms with van der Waals surface area (Å²) in [6, 6.07) is 0. The molecule has 25 heavy (non-hydrogen) atoms. The van der Waals surface area contributed by atoms with Gasteiger partial charge in [0, 0.05) is 12.8 Å². The summed E-state index contributed by atoms with van der Waals surface area (Å²) in [5, 5.41) is 0. The van der Waals surface area contributed by atoms with Crippen LogP contribution in [-0.4, -0.2) is 11.6 Å². The Balaban J connectivity index is 0. The van der Waals surface area contributed by atoms with Gasteiger partial charge in [0.15, 0.2) is 0 Å². The molecule has 0 spiro atoms. The highest BCUT2D eigenvalue weighted by Crippen LogP contribution is 2.23. The predicted octanol–water partition coefficient (Wildman–Crippen LogP) is 7.53. The van der Waals surface area contributed by atoms with Crippen molar-refractivity contribution in [2.75, 3.05) is 0 Å². The molecule has 150 valence electrons. The molecule has 0 aromatic rings. The number of ketones is 2. The molecular weight excluding hydrogens is 308 g/mol. The van der Waals surface area contributed by atoms with E-state index in [4.69, 9.17) is 0 Å². The quantitative estimate of drug-likeness (QED) is 0.359. The van der Waals surface area contributed by atoms with E-state index in [0.29, 0.717) is 22.4 Å². The molecule has 0 bridgehead atoms. The highest BCUT2D eigenvalue weighted by molar-refractivity contribution is 5.75. The normalized spacial score (nSPS) is 11.7. The first-order chi connectivity index (χ1) is 11.3. The smallest absolute Gasteiger partial charge is 0.129 e. The average Bonchev–Trinajstić information content (AvgIpc) is 2.40. The van der Waals surface area contributed by atoms with Crippen LogP contribution in [0, 0.1) is 10.8 Å². The van der Waals surface area contributed by atoms with E-state index < -0.39 is 0 Å². The summed E-state index contributed by atoms with van der Waals surface area (Å²) < 4.78 is 0.